The first kappa shape index (κ1) is 51.4. The summed E-state index contributed by atoms with van der Waals surface area (Å²) in [6, 6.07) is 36.4. The van der Waals surface area contributed by atoms with Gasteiger partial charge in [-0.3, -0.25) is 9.11 Å². The summed E-state index contributed by atoms with van der Waals surface area (Å²) in [5, 5.41) is 10.6. The van der Waals surface area contributed by atoms with E-state index >= 15 is 0 Å². The van der Waals surface area contributed by atoms with Crippen molar-refractivity contribution in [1.29, 1.82) is 5.26 Å². The van der Waals surface area contributed by atoms with Crippen molar-refractivity contribution in [1.82, 2.24) is 0 Å². The maximum absolute atomic E-state index is 13.8. The zero-order valence-electron chi connectivity index (χ0n) is 39.4. The van der Waals surface area contributed by atoms with E-state index in [9.17, 15) is 39.6 Å². The predicted octanol–water partition coefficient (Wildman–Crippen LogP) is 12.8. The van der Waals surface area contributed by atoms with Crippen LogP contribution in [-0.2, 0) is 40.9 Å². The van der Waals surface area contributed by atoms with Gasteiger partial charge in [0, 0.05) is 5.41 Å². The number of aryl methyl sites for hydroxylation is 1. The Bertz CT molecular complexity index is 3170. The highest BCUT2D eigenvalue weighted by Gasteiger charge is 2.49. The fourth-order valence-corrected chi connectivity index (χ4v) is 11.9. The van der Waals surface area contributed by atoms with Gasteiger partial charge in [-0.1, -0.05) is 102 Å². The number of benzene rings is 6. The average Bonchev–Trinajstić information content (AvgIpc) is 3.32. The van der Waals surface area contributed by atoms with Gasteiger partial charge in [0.25, 0.3) is 20.2 Å². The zero-order chi connectivity index (χ0) is 49.9. The number of rotatable bonds is 19. The molecule has 1 atom stereocenters. The number of hydrogen-bond acceptors (Lipinski definition) is 10. The molecule has 0 spiro atoms. The normalized spacial score (nSPS) is 13.3. The minimum Gasteiger partial charge on any atom is -0.487 e. The number of ether oxygens (including phenoxy) is 3. The van der Waals surface area contributed by atoms with E-state index in [1.54, 1.807) is 31.2 Å². The molecule has 0 fully saturated rings. The smallest absolute Gasteiger partial charge is 0.298 e. The summed E-state index contributed by atoms with van der Waals surface area (Å²) in [5.74, 6) is 1.56. The highest BCUT2D eigenvalue weighted by molar-refractivity contribution is 7.91. The highest BCUT2D eigenvalue weighted by atomic mass is 32.2. The zero-order valence-corrected chi connectivity index (χ0v) is 41.8. The number of nitrogens with zero attached hydrogens (tertiary/aromatic N) is 1. The maximum atomic E-state index is 13.8. The Hall–Kier alpha value is -6.02. The van der Waals surface area contributed by atoms with Crippen molar-refractivity contribution >= 4 is 30.1 Å². The molecule has 0 aliphatic carbocycles. The fraction of sp³-hybridized carbons (Fsp3) is 0.302. The molecule has 6 aromatic rings. The molecule has 358 valence electrons. The third kappa shape index (κ3) is 10.2. The molecular formula is C53H57NO11S3. The van der Waals surface area contributed by atoms with E-state index < -0.39 is 66.1 Å². The lowest BCUT2D eigenvalue weighted by Crippen LogP contribution is -2.53. The van der Waals surface area contributed by atoms with Gasteiger partial charge < -0.3 is 14.2 Å². The lowest BCUT2D eigenvalue weighted by molar-refractivity contribution is -0.00845. The van der Waals surface area contributed by atoms with Gasteiger partial charge in [-0.25, -0.2) is 8.42 Å². The predicted molar refractivity (Wildman–Crippen MR) is 262 cm³/mol. The van der Waals surface area contributed by atoms with Crippen LogP contribution in [0.4, 0.5) is 0 Å². The summed E-state index contributed by atoms with van der Waals surface area (Å²) in [5.41, 5.74) is 2.25. The second-order valence-electron chi connectivity index (χ2n) is 17.3. The monoisotopic (exact) mass is 979 g/mol. The number of hydrogen-bond donors (Lipinski definition) is 2. The second-order valence-corrected chi connectivity index (χ2v) is 22.0. The van der Waals surface area contributed by atoms with Crippen molar-refractivity contribution < 1.29 is 48.6 Å². The van der Waals surface area contributed by atoms with Crippen molar-refractivity contribution in [3.05, 3.63) is 150 Å². The van der Waals surface area contributed by atoms with Crippen LogP contribution in [-0.4, -0.2) is 40.0 Å². The van der Waals surface area contributed by atoms with Crippen LogP contribution in [0.3, 0.4) is 0 Å². The SMILES string of the molecule is CCC(C)(CC)c1ccc(S(=O)(=O)c2ccc(Oc3ccc(-c4ccc(OC(C)(CC)C(CC)(CC)c5cccc(Oc6ccc(C)cc6)c5C#N)cc4)cc3)c(S(=O)(=O)O)c2)cc1S(=O)(=O)O. The molecule has 0 heterocycles. The van der Waals surface area contributed by atoms with Gasteiger partial charge in [0.1, 0.15) is 45.3 Å². The Morgan fingerprint density at radius 1 is 0.544 bits per heavy atom. The summed E-state index contributed by atoms with van der Waals surface area (Å²) >= 11 is 0. The van der Waals surface area contributed by atoms with E-state index in [4.69, 9.17) is 14.2 Å². The topological polar surface area (TPSA) is 194 Å². The third-order valence-electron chi connectivity index (χ3n) is 13.7. The van der Waals surface area contributed by atoms with Gasteiger partial charge in [-0.05, 0) is 146 Å². The minimum atomic E-state index is -5.06. The van der Waals surface area contributed by atoms with Crippen LogP contribution in [0.1, 0.15) is 103 Å². The Balaban J connectivity index is 1.24. The standard InChI is InChI=1S/C53H57NO11S3/c1-9-51(7,10-2)46-31-29-42(33-49(46)67(57,58)59)66(55,56)43-30-32-48(50(34-43)68(60,61)62)64-40-25-19-37(20-26-40)38-21-27-41(28-22-38)65-52(8,11-3)53(12-4,13-5)45-15-14-16-47(44(45)35-54)63-39-23-17-36(6)18-24-39/h14-34H,9-13H2,1-8H3,(H,57,58,59)(H,60,61,62). The summed E-state index contributed by atoms with van der Waals surface area (Å²) < 4.78 is 117. The molecule has 0 amide bonds. The molecule has 0 saturated carbocycles. The van der Waals surface area contributed by atoms with E-state index in [0.29, 0.717) is 54.9 Å². The van der Waals surface area contributed by atoms with Crippen molar-refractivity contribution in [3.63, 3.8) is 0 Å². The lowest BCUT2D eigenvalue weighted by atomic mass is 9.62. The van der Waals surface area contributed by atoms with Gasteiger partial charge in [-0.15, -0.1) is 0 Å². The summed E-state index contributed by atoms with van der Waals surface area (Å²) in [7, 11) is -14.5. The molecule has 15 heteroatoms. The molecule has 68 heavy (non-hydrogen) atoms. The van der Waals surface area contributed by atoms with Crippen molar-refractivity contribution in [2.45, 2.75) is 124 Å². The largest absolute Gasteiger partial charge is 0.487 e. The first-order valence-corrected chi connectivity index (χ1v) is 26.7. The van der Waals surface area contributed by atoms with E-state index in [-0.39, 0.29) is 17.1 Å². The van der Waals surface area contributed by atoms with Crippen molar-refractivity contribution in [2.24, 2.45) is 0 Å². The molecule has 1 unspecified atom stereocenters. The molecule has 0 bridgehead atoms. The Labute approximate surface area is 401 Å². The summed E-state index contributed by atoms with van der Waals surface area (Å²) in [4.78, 5) is -2.49. The number of nitriles is 1. The van der Waals surface area contributed by atoms with E-state index in [2.05, 4.69) is 33.8 Å². The van der Waals surface area contributed by atoms with E-state index in [1.165, 1.54) is 12.1 Å². The molecule has 12 nitrogen and oxygen atoms in total. The molecule has 2 N–H and O–H groups in total. The highest BCUT2D eigenvalue weighted by Crippen LogP contribution is 2.49. The molecule has 6 rings (SSSR count). The van der Waals surface area contributed by atoms with Crippen LogP contribution in [0.2, 0.25) is 0 Å². The van der Waals surface area contributed by atoms with Gasteiger partial charge in [-0.2, -0.15) is 22.1 Å². The fourth-order valence-electron chi connectivity index (χ4n) is 8.94. The summed E-state index contributed by atoms with van der Waals surface area (Å²) in [6.45, 7) is 15.9. The molecule has 0 saturated heterocycles. The first-order valence-electron chi connectivity index (χ1n) is 22.4. The first-order chi connectivity index (χ1) is 32.0. The van der Waals surface area contributed by atoms with Crippen molar-refractivity contribution in [3.8, 4) is 45.9 Å². The van der Waals surface area contributed by atoms with Gasteiger partial charge >= 0.3 is 0 Å². The third-order valence-corrected chi connectivity index (χ3v) is 17.2. The van der Waals surface area contributed by atoms with Gasteiger partial charge in [0.15, 0.2) is 0 Å². The van der Waals surface area contributed by atoms with Crippen molar-refractivity contribution in [2.75, 3.05) is 0 Å². The van der Waals surface area contributed by atoms with Gasteiger partial charge in [0.2, 0.25) is 9.84 Å². The Kier molecular flexibility index (Phi) is 15.0. The quantitative estimate of drug-likeness (QED) is 0.0730. The molecule has 0 aromatic heterocycles. The lowest BCUT2D eigenvalue weighted by Gasteiger charge is -2.48. The van der Waals surface area contributed by atoms with Crippen LogP contribution in [0.15, 0.2) is 147 Å². The van der Waals surface area contributed by atoms with Crippen LogP contribution in [0, 0.1) is 18.3 Å². The summed E-state index contributed by atoms with van der Waals surface area (Å²) in [6.07, 6.45) is 3.00. The van der Waals surface area contributed by atoms with E-state index in [1.807, 2.05) is 87.5 Å². The van der Waals surface area contributed by atoms with E-state index in [0.717, 1.165) is 46.5 Å². The molecular weight excluding hydrogens is 923 g/mol. The van der Waals surface area contributed by atoms with Crippen LogP contribution in [0.5, 0.6) is 28.7 Å². The molecule has 0 aliphatic rings. The number of sulfone groups is 1. The Morgan fingerprint density at radius 3 is 1.51 bits per heavy atom. The maximum Gasteiger partial charge on any atom is 0.298 e. The van der Waals surface area contributed by atoms with Gasteiger partial charge in [0.05, 0.1) is 20.2 Å². The Morgan fingerprint density at radius 2 is 1.03 bits per heavy atom. The minimum absolute atomic E-state index is 0.178. The average molecular weight is 980 g/mol. The molecule has 6 aromatic carbocycles. The van der Waals surface area contributed by atoms with Crippen LogP contribution < -0.4 is 14.2 Å². The van der Waals surface area contributed by atoms with Crippen LogP contribution in [0.25, 0.3) is 11.1 Å². The second kappa shape index (κ2) is 19.9. The molecule has 0 radical (unpaired) electrons. The molecule has 0 aliphatic heterocycles. The van der Waals surface area contributed by atoms with Crippen LogP contribution >= 0.6 is 0 Å².